The van der Waals surface area contributed by atoms with E-state index >= 15 is 0 Å². The van der Waals surface area contributed by atoms with Gasteiger partial charge in [-0.3, -0.25) is 4.79 Å². The molecule has 0 fully saturated rings. The topological polar surface area (TPSA) is 43.1 Å². The van der Waals surface area contributed by atoms with Crippen molar-refractivity contribution in [2.24, 2.45) is 5.73 Å². The number of primary amides is 1. The molecule has 0 unspecified atom stereocenters. The summed E-state index contributed by atoms with van der Waals surface area (Å²) in [5, 5.41) is 0. The van der Waals surface area contributed by atoms with Gasteiger partial charge in [0.25, 0.3) is 0 Å². The van der Waals surface area contributed by atoms with E-state index in [1.807, 2.05) is 0 Å². The first-order valence-corrected chi connectivity index (χ1v) is 2.37. The summed E-state index contributed by atoms with van der Waals surface area (Å²) in [6, 6.07) is 0. The lowest BCUT2D eigenvalue weighted by molar-refractivity contribution is -0.106. The predicted molar refractivity (Wildman–Crippen MR) is 28.2 cm³/mol. The maximum absolute atomic E-state index is 8.58. The molecule has 2 N–H and O–H groups in total. The van der Waals surface area contributed by atoms with Gasteiger partial charge in [-0.2, -0.15) is 0 Å². The molecule has 0 spiro atoms. The highest BCUT2D eigenvalue weighted by molar-refractivity contribution is 8.59. The number of amides is 1. The smallest absolute Gasteiger partial charge is 0.204 e. The van der Waals surface area contributed by atoms with Crippen molar-refractivity contribution < 1.29 is 4.79 Å². The van der Waals surface area contributed by atoms with Gasteiger partial charge in [0.15, 0.2) is 0 Å². The first-order chi connectivity index (χ1) is 2.41. The molecule has 2 nitrogen and oxygen atoms in total. The second-order valence-corrected chi connectivity index (χ2v) is 0.136. The second kappa shape index (κ2) is 30.6. The Balaban J connectivity index is 0. The zero-order valence-electron chi connectivity index (χ0n) is 2.46. The minimum atomic E-state index is 0.250. The van der Waals surface area contributed by atoms with E-state index in [1.54, 1.807) is 0 Å². The van der Waals surface area contributed by atoms with Crippen molar-refractivity contribution >= 4 is 29.7 Å². The van der Waals surface area contributed by atoms with Crippen LogP contribution < -0.4 is 5.73 Å². The summed E-state index contributed by atoms with van der Waals surface area (Å²) < 4.78 is 0. The highest BCUT2D eigenvalue weighted by Gasteiger charge is 1.19. The molecular formula is CH5NOS2. The van der Waals surface area contributed by atoms with Crippen LogP contribution in [0.5, 0.6) is 0 Å². The van der Waals surface area contributed by atoms with Gasteiger partial charge >= 0.3 is 0 Å². The van der Waals surface area contributed by atoms with Crippen LogP contribution >= 0.6 is 23.3 Å². The van der Waals surface area contributed by atoms with Crippen LogP contribution in [0.15, 0.2) is 0 Å². The molecule has 0 aliphatic carbocycles. The van der Waals surface area contributed by atoms with Crippen LogP contribution in [0, 0.1) is 0 Å². The third-order valence-corrected chi connectivity index (χ3v) is 0. The van der Waals surface area contributed by atoms with Gasteiger partial charge in [-0.05, 0) is 0 Å². The van der Waals surface area contributed by atoms with Gasteiger partial charge < -0.3 is 5.73 Å². The SMILES string of the molecule is NC=O.SS. The van der Waals surface area contributed by atoms with E-state index in [9.17, 15) is 0 Å². The van der Waals surface area contributed by atoms with Gasteiger partial charge in [-0.25, -0.2) is 0 Å². The maximum atomic E-state index is 8.58. The molecule has 5 heavy (non-hydrogen) atoms. The van der Waals surface area contributed by atoms with Gasteiger partial charge in [-0.15, -0.1) is 23.3 Å². The molecule has 0 atom stereocenters. The quantitative estimate of drug-likeness (QED) is 0.227. The molecular weight excluding hydrogens is 106 g/mol. The fourth-order valence-electron chi connectivity index (χ4n) is 0. The Bertz CT molecular complexity index is 17.1. The number of thiol groups is 2. The Morgan fingerprint density at radius 3 is 1.60 bits per heavy atom. The molecule has 0 saturated heterocycles. The summed E-state index contributed by atoms with van der Waals surface area (Å²) in [5.74, 6) is 0. The van der Waals surface area contributed by atoms with E-state index in [2.05, 4.69) is 29.1 Å². The van der Waals surface area contributed by atoms with Crippen molar-refractivity contribution in [3.63, 3.8) is 0 Å². The summed E-state index contributed by atoms with van der Waals surface area (Å²) >= 11 is 6.44. The van der Waals surface area contributed by atoms with E-state index in [1.165, 1.54) is 0 Å². The molecule has 0 heterocycles. The molecule has 0 aliphatic heterocycles. The van der Waals surface area contributed by atoms with E-state index in [-0.39, 0.29) is 6.41 Å². The number of rotatable bonds is 0. The molecule has 0 aromatic heterocycles. The third-order valence-electron chi connectivity index (χ3n) is 0. The molecule has 0 radical (unpaired) electrons. The van der Waals surface area contributed by atoms with Crippen molar-refractivity contribution in [3.05, 3.63) is 0 Å². The monoisotopic (exact) mass is 111 g/mol. The van der Waals surface area contributed by atoms with Crippen molar-refractivity contribution in [1.82, 2.24) is 0 Å². The highest BCUT2D eigenvalue weighted by Crippen LogP contribution is 1.65. The predicted octanol–water partition coefficient (Wildman–Crippen LogP) is -0.137. The van der Waals surface area contributed by atoms with Crippen molar-refractivity contribution in [3.8, 4) is 0 Å². The maximum Gasteiger partial charge on any atom is 0.204 e. The molecule has 0 rings (SSSR count). The fraction of sp³-hybridized carbons (Fsp3) is 0. The number of nitrogens with two attached hydrogens (primary N) is 1. The molecule has 0 bridgehead atoms. The van der Waals surface area contributed by atoms with Crippen molar-refractivity contribution in [2.75, 3.05) is 0 Å². The Kier molecular flexibility index (Phi) is 54.8. The molecule has 0 aliphatic rings. The van der Waals surface area contributed by atoms with Gasteiger partial charge in [-0.1, -0.05) is 0 Å². The van der Waals surface area contributed by atoms with E-state index < -0.39 is 0 Å². The molecule has 1 amide bonds. The Morgan fingerprint density at radius 1 is 1.60 bits per heavy atom. The van der Waals surface area contributed by atoms with Gasteiger partial charge in [0, 0.05) is 0 Å². The summed E-state index contributed by atoms with van der Waals surface area (Å²) in [4.78, 5) is 8.58. The average Bonchev–Trinajstić information content (AvgIpc) is 1.46. The lowest BCUT2D eigenvalue weighted by Crippen LogP contribution is -1.82. The highest BCUT2D eigenvalue weighted by atomic mass is 33.1. The van der Waals surface area contributed by atoms with E-state index in [4.69, 9.17) is 4.79 Å². The summed E-state index contributed by atoms with van der Waals surface area (Å²) in [6.45, 7) is 0. The van der Waals surface area contributed by atoms with Gasteiger partial charge in [0.2, 0.25) is 6.41 Å². The average molecular weight is 111 g/mol. The molecule has 0 aromatic carbocycles. The van der Waals surface area contributed by atoms with Crippen LogP contribution in [0.4, 0.5) is 0 Å². The standard InChI is InChI=1S/CH3NO.H2S2/c2-1-3;1-2/h1H,(H2,2,3);1-2H. The van der Waals surface area contributed by atoms with Crippen molar-refractivity contribution in [1.29, 1.82) is 0 Å². The van der Waals surface area contributed by atoms with Crippen LogP contribution in [0.25, 0.3) is 0 Å². The van der Waals surface area contributed by atoms with Crippen molar-refractivity contribution in [2.45, 2.75) is 0 Å². The minimum absolute atomic E-state index is 0.250. The molecule has 0 saturated carbocycles. The van der Waals surface area contributed by atoms with Crippen LogP contribution in [0.3, 0.4) is 0 Å². The normalized spacial score (nSPS) is 3.60. The number of hydrogen-bond acceptors (Lipinski definition) is 3. The third kappa shape index (κ3) is 679. The van der Waals surface area contributed by atoms with Crippen LogP contribution in [-0.4, -0.2) is 6.41 Å². The minimum Gasteiger partial charge on any atom is -0.372 e. The second-order valence-electron chi connectivity index (χ2n) is 0.136. The zero-order chi connectivity index (χ0) is 4.71. The molecule has 4 heteroatoms. The summed E-state index contributed by atoms with van der Waals surface area (Å²) in [7, 11) is 0. The van der Waals surface area contributed by atoms with Crippen LogP contribution in [0.2, 0.25) is 0 Å². The van der Waals surface area contributed by atoms with Gasteiger partial charge in [0.05, 0.1) is 0 Å². The van der Waals surface area contributed by atoms with E-state index in [0.29, 0.717) is 0 Å². The van der Waals surface area contributed by atoms with Gasteiger partial charge in [0.1, 0.15) is 0 Å². The first-order valence-electron chi connectivity index (χ1n) is 0.769. The Morgan fingerprint density at radius 2 is 1.60 bits per heavy atom. The zero-order valence-corrected chi connectivity index (χ0v) is 4.25. The summed E-state index contributed by atoms with van der Waals surface area (Å²) in [6.07, 6.45) is 0.250. The largest absolute Gasteiger partial charge is 0.372 e. The Hall–Kier alpha value is 0.170. The molecule has 32 valence electrons. The van der Waals surface area contributed by atoms with Crippen LogP contribution in [0.1, 0.15) is 0 Å². The number of hydrogen-bond donors (Lipinski definition) is 3. The lowest BCUT2D eigenvalue weighted by atomic mass is 11.5. The first kappa shape index (κ1) is 8.95. The fourth-order valence-corrected chi connectivity index (χ4v) is 0. The van der Waals surface area contributed by atoms with E-state index in [0.717, 1.165) is 0 Å². The lowest BCUT2D eigenvalue weighted by Gasteiger charge is -1.32. The number of carbonyl (C=O) groups is 1. The molecule has 0 aromatic rings. The number of carbonyl (C=O) groups excluding carboxylic acids is 1. The van der Waals surface area contributed by atoms with Crippen LogP contribution in [-0.2, 0) is 4.79 Å². The Labute approximate surface area is 41.0 Å². The summed E-state index contributed by atoms with van der Waals surface area (Å²) in [5.41, 5.74) is 4.17.